The summed E-state index contributed by atoms with van der Waals surface area (Å²) in [4.78, 5) is 14.2. The fraction of sp³-hybridized carbons (Fsp3) is 0.444. The quantitative estimate of drug-likeness (QED) is 0.831. The van der Waals surface area contributed by atoms with Crippen LogP contribution in [0.25, 0.3) is 0 Å². The van der Waals surface area contributed by atoms with Gasteiger partial charge in [-0.3, -0.25) is 9.48 Å². The van der Waals surface area contributed by atoms with Crippen LogP contribution in [0.3, 0.4) is 0 Å². The molecule has 0 radical (unpaired) electrons. The molecule has 1 unspecified atom stereocenters. The lowest BCUT2D eigenvalue weighted by Crippen LogP contribution is -2.32. The minimum Gasteiger partial charge on any atom is -0.504 e. The number of phenolic OH excluding ortho intramolecular Hbond substituents is 1. The van der Waals surface area contributed by atoms with E-state index < -0.39 is 0 Å². The van der Waals surface area contributed by atoms with Gasteiger partial charge in [-0.25, -0.2) is 0 Å². The molecule has 8 heteroatoms. The Hall–Kier alpha value is -2.25. The van der Waals surface area contributed by atoms with Crippen LogP contribution in [-0.2, 0) is 6.54 Å². The summed E-state index contributed by atoms with van der Waals surface area (Å²) in [6.07, 6.45) is 4.07. The molecule has 2 heterocycles. The predicted octanol–water partition coefficient (Wildman–Crippen LogP) is 2.22. The summed E-state index contributed by atoms with van der Waals surface area (Å²) < 4.78 is 6.99. The van der Waals surface area contributed by atoms with Gasteiger partial charge in [0.05, 0.1) is 13.2 Å². The number of aromatic nitrogens is 2. The van der Waals surface area contributed by atoms with E-state index in [1.807, 2.05) is 10.9 Å². The van der Waals surface area contributed by atoms with Gasteiger partial charge < -0.3 is 20.1 Å². The summed E-state index contributed by atoms with van der Waals surface area (Å²) in [5.41, 5.74) is 1.32. The van der Waals surface area contributed by atoms with E-state index >= 15 is 0 Å². The monoisotopic (exact) mass is 380 g/mol. The first kappa shape index (κ1) is 20.1. The highest BCUT2D eigenvalue weighted by molar-refractivity contribution is 5.92. The second-order valence-corrected chi connectivity index (χ2v) is 6.35. The van der Waals surface area contributed by atoms with E-state index in [1.54, 1.807) is 36.2 Å². The number of hydrogen-bond acceptors (Lipinski definition) is 5. The maximum Gasteiger partial charge on any atom is 0.274 e. The Bertz CT molecular complexity index is 744. The average Bonchev–Trinajstić information content (AvgIpc) is 3.13. The van der Waals surface area contributed by atoms with Gasteiger partial charge in [0.25, 0.3) is 5.91 Å². The van der Waals surface area contributed by atoms with Crippen molar-refractivity contribution in [1.29, 1.82) is 0 Å². The van der Waals surface area contributed by atoms with Gasteiger partial charge in [0.15, 0.2) is 11.5 Å². The number of phenols is 1. The molecular formula is C18H25ClN4O3. The third-order valence-electron chi connectivity index (χ3n) is 4.48. The van der Waals surface area contributed by atoms with Crippen molar-refractivity contribution < 1.29 is 14.6 Å². The highest BCUT2D eigenvalue weighted by atomic mass is 35.5. The van der Waals surface area contributed by atoms with Gasteiger partial charge in [-0.2, -0.15) is 5.10 Å². The summed E-state index contributed by atoms with van der Waals surface area (Å²) in [6, 6.07) is 7.14. The molecule has 26 heavy (non-hydrogen) atoms. The number of halogens is 1. The van der Waals surface area contributed by atoms with Gasteiger partial charge in [0, 0.05) is 26.3 Å². The van der Waals surface area contributed by atoms with Gasteiger partial charge >= 0.3 is 0 Å². The molecule has 7 nitrogen and oxygen atoms in total. The third kappa shape index (κ3) is 4.47. The number of nitrogens with one attached hydrogen (secondary N) is 1. The molecule has 1 fully saturated rings. The Balaban J connectivity index is 0.00000243. The van der Waals surface area contributed by atoms with E-state index in [1.165, 1.54) is 7.11 Å². The highest BCUT2D eigenvalue weighted by Crippen LogP contribution is 2.26. The van der Waals surface area contributed by atoms with E-state index in [9.17, 15) is 9.90 Å². The number of aromatic hydroxyl groups is 1. The molecule has 0 aliphatic carbocycles. The summed E-state index contributed by atoms with van der Waals surface area (Å²) in [5.74, 6) is 0.349. The highest BCUT2D eigenvalue weighted by Gasteiger charge is 2.20. The van der Waals surface area contributed by atoms with Crippen LogP contribution in [0.1, 0.15) is 34.9 Å². The van der Waals surface area contributed by atoms with E-state index in [-0.39, 0.29) is 24.1 Å². The van der Waals surface area contributed by atoms with Crippen LogP contribution in [0.4, 0.5) is 0 Å². The first-order valence-corrected chi connectivity index (χ1v) is 8.45. The van der Waals surface area contributed by atoms with Crippen LogP contribution in [0.15, 0.2) is 30.5 Å². The minimum absolute atomic E-state index is 0. The summed E-state index contributed by atoms with van der Waals surface area (Å²) in [7, 11) is 3.24. The Morgan fingerprint density at radius 3 is 2.96 bits per heavy atom. The number of ether oxygens (including phenoxy) is 1. The zero-order valence-corrected chi connectivity index (χ0v) is 15.8. The second-order valence-electron chi connectivity index (χ2n) is 6.35. The molecule has 1 aliphatic heterocycles. The lowest BCUT2D eigenvalue weighted by Gasteiger charge is -2.23. The molecule has 2 N–H and O–H groups in total. The zero-order chi connectivity index (χ0) is 17.8. The van der Waals surface area contributed by atoms with E-state index in [4.69, 9.17) is 4.74 Å². The van der Waals surface area contributed by atoms with Gasteiger partial charge in [0.1, 0.15) is 5.69 Å². The maximum atomic E-state index is 12.6. The van der Waals surface area contributed by atoms with Gasteiger partial charge in [0.2, 0.25) is 0 Å². The molecule has 1 aromatic heterocycles. The minimum atomic E-state index is -0.130. The lowest BCUT2D eigenvalue weighted by atomic mass is 10.1. The number of methoxy groups -OCH3 is 1. The molecule has 1 amide bonds. The van der Waals surface area contributed by atoms with E-state index in [2.05, 4.69) is 10.4 Å². The summed E-state index contributed by atoms with van der Waals surface area (Å²) in [6.45, 7) is 2.34. The Kier molecular flexibility index (Phi) is 6.88. The van der Waals surface area contributed by atoms with Gasteiger partial charge in [-0.15, -0.1) is 12.4 Å². The molecule has 3 rings (SSSR count). The van der Waals surface area contributed by atoms with Gasteiger partial charge in [-0.05, 0) is 43.1 Å². The fourth-order valence-electron chi connectivity index (χ4n) is 3.08. The van der Waals surface area contributed by atoms with Crippen LogP contribution in [-0.4, -0.2) is 52.9 Å². The molecule has 2 aromatic rings. The molecule has 1 atom stereocenters. The predicted molar refractivity (Wildman–Crippen MR) is 101 cm³/mol. The molecule has 142 valence electrons. The number of rotatable bonds is 5. The molecule has 0 spiro atoms. The Labute approximate surface area is 159 Å². The van der Waals surface area contributed by atoms with Crippen LogP contribution in [0, 0.1) is 0 Å². The molecule has 1 saturated heterocycles. The van der Waals surface area contributed by atoms with Crippen molar-refractivity contribution in [2.45, 2.75) is 25.4 Å². The normalized spacial score (nSPS) is 16.6. The summed E-state index contributed by atoms with van der Waals surface area (Å²) >= 11 is 0. The molecular weight excluding hydrogens is 356 g/mol. The van der Waals surface area contributed by atoms with Crippen molar-refractivity contribution >= 4 is 18.3 Å². The maximum absolute atomic E-state index is 12.6. The standard InChI is InChI=1S/C18H24N4O3.ClH/c1-21(12-13-5-6-16(23)17(10-13)25-2)18(24)15-7-9-22(20-15)14-4-3-8-19-11-14;/h5-7,9-10,14,19,23H,3-4,8,11-12H2,1-2H3;1H. The molecule has 1 aromatic carbocycles. The lowest BCUT2D eigenvalue weighted by molar-refractivity contribution is 0.0777. The number of carbonyl (C=O) groups is 1. The van der Waals surface area contributed by atoms with Gasteiger partial charge in [-0.1, -0.05) is 6.07 Å². The van der Waals surface area contributed by atoms with Crippen LogP contribution >= 0.6 is 12.4 Å². The number of amides is 1. The number of nitrogens with zero attached hydrogens (tertiary/aromatic N) is 3. The molecule has 0 saturated carbocycles. The van der Waals surface area contributed by atoms with E-state index in [0.717, 1.165) is 31.5 Å². The van der Waals surface area contributed by atoms with Crippen molar-refractivity contribution in [1.82, 2.24) is 20.0 Å². The van der Waals surface area contributed by atoms with Crippen LogP contribution in [0.5, 0.6) is 11.5 Å². The molecule has 0 bridgehead atoms. The number of carbonyl (C=O) groups excluding carboxylic acids is 1. The average molecular weight is 381 g/mol. The van der Waals surface area contributed by atoms with Crippen molar-refractivity contribution in [2.24, 2.45) is 0 Å². The fourth-order valence-corrected chi connectivity index (χ4v) is 3.08. The van der Waals surface area contributed by atoms with Crippen molar-refractivity contribution in [3.05, 3.63) is 41.7 Å². The second kappa shape index (κ2) is 8.91. The largest absolute Gasteiger partial charge is 0.504 e. The smallest absolute Gasteiger partial charge is 0.274 e. The third-order valence-corrected chi connectivity index (χ3v) is 4.48. The first-order chi connectivity index (χ1) is 12.1. The Morgan fingerprint density at radius 2 is 2.27 bits per heavy atom. The number of hydrogen-bond donors (Lipinski definition) is 2. The van der Waals surface area contributed by atoms with Crippen molar-refractivity contribution in [3.63, 3.8) is 0 Å². The zero-order valence-electron chi connectivity index (χ0n) is 15.0. The van der Waals surface area contributed by atoms with Crippen LogP contribution < -0.4 is 10.1 Å². The number of benzene rings is 1. The van der Waals surface area contributed by atoms with E-state index in [0.29, 0.717) is 24.0 Å². The Morgan fingerprint density at radius 1 is 1.46 bits per heavy atom. The SMILES string of the molecule is COc1cc(CN(C)C(=O)c2ccn(C3CCCNC3)n2)ccc1O.Cl. The first-order valence-electron chi connectivity index (χ1n) is 8.45. The van der Waals surface area contributed by atoms with Crippen LogP contribution in [0.2, 0.25) is 0 Å². The van der Waals surface area contributed by atoms with Crippen molar-refractivity contribution in [2.75, 3.05) is 27.2 Å². The molecule has 1 aliphatic rings. The summed E-state index contributed by atoms with van der Waals surface area (Å²) in [5, 5.41) is 17.5. The van der Waals surface area contributed by atoms with Crippen molar-refractivity contribution in [3.8, 4) is 11.5 Å². The topological polar surface area (TPSA) is 79.6 Å². The number of piperidine rings is 1.